The molecule has 43 heavy (non-hydrogen) atoms. The second-order valence-corrected chi connectivity index (χ2v) is 8.76. The fourth-order valence-corrected chi connectivity index (χ4v) is 3.72. The Labute approximate surface area is 283 Å². The number of likely N-dealkylation sites (N-methyl/N-ethyl adjacent to an activating group) is 1. The number of imidazole rings is 3. The van der Waals surface area contributed by atoms with Crippen LogP contribution in [0.2, 0.25) is 0 Å². The van der Waals surface area contributed by atoms with Gasteiger partial charge in [-0.15, -0.1) is 0 Å². The summed E-state index contributed by atoms with van der Waals surface area (Å²) in [6.45, 7) is 5.86. The molecule has 0 aliphatic carbocycles. The maximum atomic E-state index is 11.4. The molecule has 5 N–H and O–H groups in total. The maximum absolute atomic E-state index is 11.4. The number of carbonyl (C=O) groups excluding carboxylic acids is 3. The number of H-pyrrole nitrogens is 2. The molecular weight excluding hydrogens is 653 g/mol. The van der Waals surface area contributed by atoms with Gasteiger partial charge >= 0.3 is 0 Å². The van der Waals surface area contributed by atoms with Crippen molar-refractivity contribution in [2.45, 2.75) is 80.2 Å². The topological polar surface area (TPSA) is 172 Å². The number of aromatic amines is 2. The van der Waals surface area contributed by atoms with Crippen LogP contribution >= 0.6 is 0 Å². The van der Waals surface area contributed by atoms with Crippen LogP contribution < -0.4 is 20.9 Å². The number of hydrogen-bond acceptors (Lipinski definition) is 7. The van der Waals surface area contributed by atoms with Gasteiger partial charge in [0, 0.05) is 109 Å². The summed E-state index contributed by atoms with van der Waals surface area (Å²) in [7, 11) is 5.10. The molecule has 3 aromatic rings. The fourth-order valence-electron chi connectivity index (χ4n) is 3.72. The van der Waals surface area contributed by atoms with Gasteiger partial charge in [0.15, 0.2) is 0 Å². The molecular formula is C29H52N9O3Zn2-. The van der Waals surface area contributed by atoms with Crippen molar-refractivity contribution in [3.8, 4) is 0 Å². The zero-order valence-corrected chi connectivity index (χ0v) is 31.3. The van der Waals surface area contributed by atoms with Crippen molar-refractivity contribution in [2.75, 3.05) is 21.1 Å². The fraction of sp³-hybridized carbons (Fsp3) is 0.586. The van der Waals surface area contributed by atoms with E-state index in [0.717, 1.165) is 30.3 Å². The summed E-state index contributed by atoms with van der Waals surface area (Å²) in [4.78, 5) is 56.2. The molecule has 0 aliphatic heterocycles. The van der Waals surface area contributed by atoms with Crippen LogP contribution in [0.15, 0.2) is 37.2 Å². The summed E-state index contributed by atoms with van der Waals surface area (Å²) < 4.78 is 0. The van der Waals surface area contributed by atoms with Gasteiger partial charge in [-0.1, -0.05) is 53.8 Å². The Morgan fingerprint density at radius 2 is 1.26 bits per heavy atom. The van der Waals surface area contributed by atoms with E-state index in [2.05, 4.69) is 45.9 Å². The number of aromatic nitrogens is 6. The molecule has 3 atom stereocenters. The first-order chi connectivity index (χ1) is 18.8. The Kier molecular flexibility index (Phi) is 31.1. The first kappa shape index (κ1) is 47.4. The van der Waals surface area contributed by atoms with E-state index in [-0.39, 0.29) is 89.3 Å². The van der Waals surface area contributed by atoms with Gasteiger partial charge in [-0.05, 0) is 26.3 Å². The summed E-state index contributed by atoms with van der Waals surface area (Å²) in [5.74, 6) is 2.85. The minimum Gasteiger partial charge on any atom is -0.446 e. The third-order valence-electron chi connectivity index (χ3n) is 6.20. The molecule has 0 aliphatic rings. The van der Waals surface area contributed by atoms with Crippen LogP contribution in [0.4, 0.5) is 0 Å². The van der Waals surface area contributed by atoms with E-state index in [1.165, 1.54) is 0 Å². The van der Waals surface area contributed by atoms with Gasteiger partial charge in [-0.3, -0.25) is 14.4 Å². The predicted molar refractivity (Wildman–Crippen MR) is 163 cm³/mol. The smallest absolute Gasteiger partial charge is 0.223 e. The molecule has 12 nitrogen and oxygen atoms in total. The summed E-state index contributed by atoms with van der Waals surface area (Å²) in [5.41, 5.74) is 0. The van der Waals surface area contributed by atoms with E-state index >= 15 is 0 Å². The third-order valence-corrected chi connectivity index (χ3v) is 6.20. The summed E-state index contributed by atoms with van der Waals surface area (Å²) in [5, 5.41) is 8.26. The zero-order valence-electron chi connectivity index (χ0n) is 25.4. The predicted octanol–water partition coefficient (Wildman–Crippen LogP) is 2.86. The maximum Gasteiger partial charge on any atom is 0.223 e. The SMILES string of the molecule is C.C.CCC(=O)[C@H](Cc1ncc[nH]1)NC.CC[C@@H](Cc1ncc[n-]1)C(=O)NC.CC[C@@H](Cc1ncc[nH]1)C(=O)NC.[Zn].[Zn]. The number of hydrogen-bond donors (Lipinski definition) is 5. The first-order valence-electron chi connectivity index (χ1n) is 13.3. The van der Waals surface area contributed by atoms with Gasteiger partial charge in [-0.2, -0.15) is 0 Å². The molecule has 3 aromatic heterocycles. The van der Waals surface area contributed by atoms with Crippen molar-refractivity contribution in [3.63, 3.8) is 0 Å². The largest absolute Gasteiger partial charge is 0.446 e. The van der Waals surface area contributed by atoms with E-state index in [1.54, 1.807) is 58.3 Å². The monoisotopic (exact) mass is 702 g/mol. The normalized spacial score (nSPS) is 11.4. The molecule has 0 saturated carbocycles. The van der Waals surface area contributed by atoms with Crippen LogP contribution in [0.3, 0.4) is 0 Å². The van der Waals surface area contributed by atoms with Crippen LogP contribution in [-0.2, 0) is 72.6 Å². The average molecular weight is 706 g/mol. The van der Waals surface area contributed by atoms with Crippen LogP contribution in [-0.4, -0.2) is 69.7 Å². The van der Waals surface area contributed by atoms with Gasteiger partial charge < -0.3 is 35.9 Å². The summed E-state index contributed by atoms with van der Waals surface area (Å²) in [6, 6.07) is -0.115. The molecule has 0 spiro atoms. The standard InChI is InChI=1S/3C9H15N3O.2CH4.2Zn/c1-3-8(13)7(10-2)6-9-11-4-5-12-9;2*1-3-7(9(13)10-2)6-8-11-4-5-12-8;;;;/h4-5,7,10H,3,6H2,1-2H3,(H,11,12);4-5,7H,3,6H2,1-2H3,(H,10,13)(H,11,12);4-5,7H,3,6H2,1-2H3,(H2,10,11,12,13);2*1H4;;/p-1/t3*7-;;;;/m000..../s1. The number of Topliss-reactive ketones (excluding diaryl/α,β-unsaturated/α-hetero) is 1. The van der Waals surface area contributed by atoms with Crippen LogP contribution in [0.5, 0.6) is 0 Å². The molecule has 0 radical (unpaired) electrons. The number of rotatable bonds is 13. The molecule has 2 amide bonds. The molecule has 3 heterocycles. The molecule has 0 unspecified atom stereocenters. The van der Waals surface area contributed by atoms with Gasteiger partial charge in [0.2, 0.25) is 11.8 Å². The van der Waals surface area contributed by atoms with Crippen LogP contribution in [0.1, 0.15) is 72.4 Å². The summed E-state index contributed by atoms with van der Waals surface area (Å²) >= 11 is 0. The third kappa shape index (κ3) is 18.7. The van der Waals surface area contributed by atoms with E-state index in [9.17, 15) is 14.4 Å². The van der Waals surface area contributed by atoms with Crippen molar-refractivity contribution in [1.29, 1.82) is 0 Å². The molecule has 3 rings (SSSR count). The molecule has 236 valence electrons. The molecule has 14 heteroatoms. The van der Waals surface area contributed by atoms with Crippen molar-refractivity contribution in [3.05, 3.63) is 54.7 Å². The van der Waals surface area contributed by atoms with Gasteiger partial charge in [-0.25, -0.2) is 9.97 Å². The molecule has 0 aromatic carbocycles. The first-order valence-corrected chi connectivity index (χ1v) is 13.3. The number of carbonyl (C=O) groups is 3. The summed E-state index contributed by atoms with van der Waals surface area (Å²) in [6.07, 6.45) is 14.4. The minimum absolute atomic E-state index is 0. The Morgan fingerprint density at radius 3 is 1.60 bits per heavy atom. The van der Waals surface area contributed by atoms with E-state index in [0.29, 0.717) is 25.7 Å². The van der Waals surface area contributed by atoms with E-state index in [4.69, 9.17) is 0 Å². The van der Waals surface area contributed by atoms with Gasteiger partial charge in [0.1, 0.15) is 17.4 Å². The van der Waals surface area contributed by atoms with E-state index < -0.39 is 0 Å². The minimum atomic E-state index is -0.115. The Hall–Kier alpha value is -2.55. The van der Waals surface area contributed by atoms with Crippen molar-refractivity contribution < 1.29 is 53.3 Å². The second kappa shape index (κ2) is 28.2. The Balaban J connectivity index is -0.000000253. The quantitative estimate of drug-likeness (QED) is 0.169. The zero-order chi connectivity index (χ0) is 29.0. The Bertz CT molecular complexity index is 914. The molecule has 0 fully saturated rings. The van der Waals surface area contributed by atoms with Crippen molar-refractivity contribution in [2.24, 2.45) is 11.8 Å². The number of amides is 2. The number of ketones is 1. The number of nitrogens with zero attached hydrogens (tertiary/aromatic N) is 4. The van der Waals surface area contributed by atoms with Crippen molar-refractivity contribution in [1.82, 2.24) is 45.9 Å². The van der Waals surface area contributed by atoms with Gasteiger partial charge in [0.25, 0.3) is 0 Å². The van der Waals surface area contributed by atoms with Crippen LogP contribution in [0.25, 0.3) is 0 Å². The van der Waals surface area contributed by atoms with Crippen LogP contribution in [0, 0.1) is 11.8 Å². The Morgan fingerprint density at radius 1 is 0.767 bits per heavy atom. The van der Waals surface area contributed by atoms with Gasteiger partial charge in [0.05, 0.1) is 6.04 Å². The van der Waals surface area contributed by atoms with Crippen molar-refractivity contribution >= 4 is 17.6 Å². The molecule has 0 saturated heterocycles. The number of nitrogens with one attached hydrogen (secondary N) is 5. The van der Waals surface area contributed by atoms with E-state index in [1.807, 2.05) is 20.8 Å². The molecule has 0 bridgehead atoms. The second-order valence-electron chi connectivity index (χ2n) is 8.76. The average Bonchev–Trinajstić information content (AvgIpc) is 3.77.